The van der Waals surface area contributed by atoms with Crippen LogP contribution >= 0.6 is 0 Å². The lowest BCUT2D eigenvalue weighted by Crippen LogP contribution is -2.37. The number of aryl methyl sites for hydroxylation is 1. The summed E-state index contributed by atoms with van der Waals surface area (Å²) in [5, 5.41) is 9.75. The van der Waals surface area contributed by atoms with E-state index in [0.717, 1.165) is 63.4 Å². The third kappa shape index (κ3) is 7.23. The molecule has 2 saturated heterocycles. The Morgan fingerprint density at radius 1 is 0.929 bits per heavy atom. The molecular weight excluding hydrogens is 530 g/mol. The molecule has 2 aliphatic heterocycles. The predicted octanol–water partition coefficient (Wildman–Crippen LogP) is 4.24. The molecule has 5 heterocycles. The molecule has 6 rings (SSSR count). The summed E-state index contributed by atoms with van der Waals surface area (Å²) in [6.45, 7) is 6.29. The summed E-state index contributed by atoms with van der Waals surface area (Å²) in [5.41, 5.74) is 3.74. The van der Waals surface area contributed by atoms with Crippen molar-refractivity contribution in [2.24, 2.45) is 5.92 Å². The van der Waals surface area contributed by atoms with E-state index in [1.807, 2.05) is 37.3 Å². The van der Waals surface area contributed by atoms with E-state index >= 15 is 0 Å². The molecule has 42 heavy (non-hydrogen) atoms. The molecule has 11 nitrogen and oxygen atoms in total. The van der Waals surface area contributed by atoms with Gasteiger partial charge in [-0.2, -0.15) is 4.98 Å². The second kappa shape index (κ2) is 13.0. The molecule has 0 amide bonds. The first-order chi connectivity index (χ1) is 20.6. The fraction of sp³-hybridized carbons (Fsp3) is 0.355. The van der Waals surface area contributed by atoms with Gasteiger partial charge in [-0.25, -0.2) is 19.9 Å². The average molecular weight is 566 g/mol. The van der Waals surface area contributed by atoms with Crippen molar-refractivity contribution < 1.29 is 9.53 Å². The monoisotopic (exact) mass is 565 g/mol. The molecule has 0 unspecified atom stereocenters. The Morgan fingerprint density at radius 2 is 1.71 bits per heavy atom. The zero-order valence-corrected chi connectivity index (χ0v) is 23.7. The quantitative estimate of drug-likeness (QED) is 0.252. The number of pyridine rings is 1. The van der Waals surface area contributed by atoms with E-state index < -0.39 is 0 Å². The summed E-state index contributed by atoms with van der Waals surface area (Å²) in [5.74, 6) is 2.23. The fourth-order valence-electron chi connectivity index (χ4n) is 5.24. The first-order valence-corrected chi connectivity index (χ1v) is 14.4. The zero-order valence-electron chi connectivity index (χ0n) is 23.7. The molecule has 11 heteroatoms. The SMILES string of the molecule is Cc1cccc(-c2nccc(Nc3ccnc(Nc4ccc(CN5CCC(C(=O)O[C@@H]6CCNC6)CC5)cc4)n3)n2)n1. The van der Waals surface area contributed by atoms with Crippen molar-refractivity contribution in [2.75, 3.05) is 36.8 Å². The maximum atomic E-state index is 12.5. The third-order valence-electron chi connectivity index (χ3n) is 7.52. The van der Waals surface area contributed by atoms with Gasteiger partial charge >= 0.3 is 5.97 Å². The Bertz CT molecular complexity index is 1500. The van der Waals surface area contributed by atoms with Gasteiger partial charge in [-0.15, -0.1) is 0 Å². The highest BCUT2D eigenvalue weighted by molar-refractivity contribution is 5.72. The van der Waals surface area contributed by atoms with E-state index in [-0.39, 0.29) is 18.0 Å². The second-order valence-corrected chi connectivity index (χ2v) is 10.7. The van der Waals surface area contributed by atoms with Crippen molar-refractivity contribution in [1.29, 1.82) is 0 Å². The zero-order chi connectivity index (χ0) is 28.7. The van der Waals surface area contributed by atoms with Gasteiger partial charge in [-0.3, -0.25) is 9.69 Å². The number of carbonyl (C=O) groups excluding carboxylic acids is 1. The van der Waals surface area contributed by atoms with Crippen LogP contribution in [0.3, 0.4) is 0 Å². The number of nitrogens with zero attached hydrogens (tertiary/aromatic N) is 6. The number of carbonyl (C=O) groups is 1. The highest BCUT2D eigenvalue weighted by atomic mass is 16.5. The van der Waals surface area contributed by atoms with Gasteiger partial charge in [-0.05, 0) is 87.8 Å². The van der Waals surface area contributed by atoms with Gasteiger partial charge in [0.25, 0.3) is 0 Å². The number of rotatable bonds is 9. The molecule has 4 aromatic rings. The van der Waals surface area contributed by atoms with Crippen LogP contribution in [-0.4, -0.2) is 68.1 Å². The molecule has 0 radical (unpaired) electrons. The number of esters is 1. The molecular formula is C31H35N9O2. The number of ether oxygens (including phenoxy) is 1. The summed E-state index contributed by atoms with van der Waals surface area (Å²) >= 11 is 0. The number of anilines is 4. The minimum atomic E-state index is -0.0263. The molecule has 3 N–H and O–H groups in total. The molecule has 3 aromatic heterocycles. The summed E-state index contributed by atoms with van der Waals surface area (Å²) < 4.78 is 5.68. The van der Waals surface area contributed by atoms with Crippen molar-refractivity contribution in [3.8, 4) is 11.5 Å². The van der Waals surface area contributed by atoms with E-state index in [2.05, 4.69) is 57.9 Å². The van der Waals surface area contributed by atoms with E-state index in [1.165, 1.54) is 5.56 Å². The Balaban J connectivity index is 1.00. The lowest BCUT2D eigenvalue weighted by atomic mass is 9.96. The summed E-state index contributed by atoms with van der Waals surface area (Å²) in [6.07, 6.45) is 6.04. The van der Waals surface area contributed by atoms with E-state index in [1.54, 1.807) is 24.5 Å². The lowest BCUT2D eigenvalue weighted by molar-refractivity contribution is -0.154. The van der Waals surface area contributed by atoms with Crippen LogP contribution in [0.2, 0.25) is 0 Å². The number of aromatic nitrogens is 5. The Kier molecular flexibility index (Phi) is 8.57. The molecule has 0 aliphatic carbocycles. The van der Waals surface area contributed by atoms with E-state index in [9.17, 15) is 4.79 Å². The number of piperidine rings is 1. The minimum absolute atomic E-state index is 0.0141. The first kappa shape index (κ1) is 27.7. The highest BCUT2D eigenvalue weighted by Crippen LogP contribution is 2.23. The number of hydrogen-bond acceptors (Lipinski definition) is 11. The van der Waals surface area contributed by atoms with Gasteiger partial charge in [0.2, 0.25) is 5.95 Å². The fourth-order valence-corrected chi connectivity index (χ4v) is 5.24. The van der Waals surface area contributed by atoms with Gasteiger partial charge in [0, 0.05) is 36.9 Å². The Labute approximate surface area is 245 Å². The summed E-state index contributed by atoms with van der Waals surface area (Å²) in [6, 6.07) is 17.6. The van der Waals surface area contributed by atoms with Crippen LogP contribution in [0.25, 0.3) is 11.5 Å². The standard InChI is InChI=1S/C31H35N9O2/c1-21-3-2-4-26(35-21)29-33-15-10-27(38-29)37-28-11-16-34-31(39-28)36-24-7-5-22(6-8-24)20-40-17-12-23(13-18-40)30(41)42-25-9-14-32-19-25/h2-8,10-11,15-16,23,25,32H,9,12-14,17-20H2,1H3,(H2,33,34,36,37,38,39)/t25-/m1/s1. The van der Waals surface area contributed by atoms with Gasteiger partial charge in [0.05, 0.1) is 5.92 Å². The lowest BCUT2D eigenvalue weighted by Gasteiger charge is -2.31. The molecule has 0 bridgehead atoms. The topological polar surface area (TPSA) is 130 Å². The molecule has 0 spiro atoms. The van der Waals surface area contributed by atoms with Gasteiger partial charge in [-0.1, -0.05) is 18.2 Å². The molecule has 1 atom stereocenters. The molecule has 216 valence electrons. The maximum absolute atomic E-state index is 12.5. The van der Waals surface area contributed by atoms with Gasteiger partial charge in [0.1, 0.15) is 23.4 Å². The van der Waals surface area contributed by atoms with Crippen LogP contribution in [0.4, 0.5) is 23.3 Å². The number of hydrogen-bond donors (Lipinski definition) is 3. The Morgan fingerprint density at radius 3 is 2.48 bits per heavy atom. The van der Waals surface area contributed by atoms with Crippen molar-refractivity contribution in [2.45, 2.75) is 38.8 Å². The number of benzene rings is 1. The second-order valence-electron chi connectivity index (χ2n) is 10.7. The van der Waals surface area contributed by atoms with Crippen LogP contribution in [0, 0.1) is 12.8 Å². The van der Waals surface area contributed by atoms with Crippen LogP contribution in [0.15, 0.2) is 67.0 Å². The molecule has 0 saturated carbocycles. The molecule has 2 aliphatic rings. The highest BCUT2D eigenvalue weighted by Gasteiger charge is 2.29. The first-order valence-electron chi connectivity index (χ1n) is 14.4. The van der Waals surface area contributed by atoms with E-state index in [0.29, 0.717) is 29.1 Å². The van der Waals surface area contributed by atoms with Crippen LogP contribution in [-0.2, 0) is 16.1 Å². The van der Waals surface area contributed by atoms with Crippen molar-refractivity contribution in [3.63, 3.8) is 0 Å². The largest absolute Gasteiger partial charge is 0.461 e. The molecule has 2 fully saturated rings. The average Bonchev–Trinajstić information content (AvgIpc) is 3.52. The third-order valence-corrected chi connectivity index (χ3v) is 7.52. The van der Waals surface area contributed by atoms with E-state index in [4.69, 9.17) is 4.74 Å². The predicted molar refractivity (Wildman–Crippen MR) is 160 cm³/mol. The van der Waals surface area contributed by atoms with Crippen molar-refractivity contribution >= 4 is 29.2 Å². The Hall–Kier alpha value is -4.48. The summed E-state index contributed by atoms with van der Waals surface area (Å²) in [4.78, 5) is 37.3. The van der Waals surface area contributed by atoms with Crippen molar-refractivity contribution in [1.82, 2.24) is 35.1 Å². The smallest absolute Gasteiger partial charge is 0.309 e. The number of nitrogens with one attached hydrogen (secondary N) is 3. The van der Waals surface area contributed by atoms with Gasteiger partial charge in [0.15, 0.2) is 5.82 Å². The summed E-state index contributed by atoms with van der Waals surface area (Å²) in [7, 11) is 0. The van der Waals surface area contributed by atoms with Crippen LogP contribution in [0.1, 0.15) is 30.5 Å². The van der Waals surface area contributed by atoms with Crippen LogP contribution in [0.5, 0.6) is 0 Å². The molecule has 1 aromatic carbocycles. The maximum Gasteiger partial charge on any atom is 0.309 e. The minimum Gasteiger partial charge on any atom is -0.461 e. The van der Waals surface area contributed by atoms with Gasteiger partial charge < -0.3 is 20.7 Å². The number of likely N-dealkylation sites (tertiary alicyclic amines) is 1. The van der Waals surface area contributed by atoms with Crippen LogP contribution < -0.4 is 16.0 Å². The normalized spacial score (nSPS) is 17.6. The van der Waals surface area contributed by atoms with Crippen molar-refractivity contribution in [3.05, 3.63) is 78.2 Å².